The summed E-state index contributed by atoms with van der Waals surface area (Å²) >= 11 is 6.02. The third kappa shape index (κ3) is 2.26. The summed E-state index contributed by atoms with van der Waals surface area (Å²) in [6, 6.07) is 1.56. The minimum Gasteiger partial charge on any atom is -0.492 e. The fourth-order valence-corrected chi connectivity index (χ4v) is 3.24. The van der Waals surface area contributed by atoms with Crippen LogP contribution in [-0.2, 0) is 10.2 Å². The first-order chi connectivity index (χ1) is 9.44. The molecule has 0 aliphatic heterocycles. The van der Waals surface area contributed by atoms with Gasteiger partial charge in [0.05, 0.1) is 17.5 Å². The van der Waals surface area contributed by atoms with E-state index in [1.165, 1.54) is 7.11 Å². The van der Waals surface area contributed by atoms with Crippen LogP contribution >= 0.6 is 11.6 Å². The van der Waals surface area contributed by atoms with Crippen LogP contribution in [0.4, 0.5) is 4.39 Å². The number of benzene rings is 1. The highest BCUT2D eigenvalue weighted by atomic mass is 35.5. The monoisotopic (exact) mass is 300 g/mol. The van der Waals surface area contributed by atoms with Crippen LogP contribution in [-0.4, -0.2) is 18.2 Å². The summed E-state index contributed by atoms with van der Waals surface area (Å²) < 4.78 is 19.6. The molecule has 1 aromatic rings. The summed E-state index contributed by atoms with van der Waals surface area (Å²) in [5, 5.41) is 9.85. The molecule has 2 rings (SSSR count). The van der Waals surface area contributed by atoms with Crippen LogP contribution in [0.25, 0.3) is 0 Å². The van der Waals surface area contributed by atoms with E-state index >= 15 is 0 Å². The van der Waals surface area contributed by atoms with Gasteiger partial charge < -0.3 is 9.84 Å². The number of hydrogen-bond acceptors (Lipinski definition) is 2. The van der Waals surface area contributed by atoms with E-state index in [1.54, 1.807) is 13.0 Å². The van der Waals surface area contributed by atoms with E-state index in [9.17, 15) is 14.3 Å². The normalized spacial score (nSPS) is 17.8. The summed E-state index contributed by atoms with van der Waals surface area (Å²) in [5.41, 5.74) is -0.333. The van der Waals surface area contributed by atoms with Crippen molar-refractivity contribution in [3.8, 4) is 5.75 Å². The topological polar surface area (TPSA) is 46.5 Å². The van der Waals surface area contributed by atoms with E-state index in [0.29, 0.717) is 18.4 Å². The highest BCUT2D eigenvalue weighted by molar-refractivity contribution is 6.32. The molecule has 0 radical (unpaired) electrons. The molecule has 20 heavy (non-hydrogen) atoms. The number of aryl methyl sites for hydroxylation is 1. The van der Waals surface area contributed by atoms with Gasteiger partial charge in [-0.2, -0.15) is 0 Å². The fraction of sp³-hybridized carbons (Fsp3) is 0.533. The zero-order valence-corrected chi connectivity index (χ0v) is 12.4. The minimum absolute atomic E-state index is 0.0622. The Kier molecular flexibility index (Phi) is 4.23. The quantitative estimate of drug-likeness (QED) is 0.915. The zero-order valence-electron chi connectivity index (χ0n) is 11.6. The maximum atomic E-state index is 14.6. The van der Waals surface area contributed by atoms with Gasteiger partial charge >= 0.3 is 5.97 Å². The van der Waals surface area contributed by atoms with Gasteiger partial charge in [-0.25, -0.2) is 4.39 Å². The van der Waals surface area contributed by atoms with Gasteiger partial charge in [0, 0.05) is 5.56 Å². The lowest BCUT2D eigenvalue weighted by Gasteiger charge is -2.34. The maximum absolute atomic E-state index is 14.6. The molecule has 0 unspecified atom stereocenters. The van der Waals surface area contributed by atoms with Crippen molar-refractivity contribution < 1.29 is 19.0 Å². The summed E-state index contributed by atoms with van der Waals surface area (Å²) in [4.78, 5) is 11.8. The Hall–Kier alpha value is -1.29. The van der Waals surface area contributed by atoms with E-state index in [0.717, 1.165) is 19.3 Å². The molecule has 5 heteroatoms. The zero-order chi connectivity index (χ0) is 14.9. The lowest BCUT2D eigenvalue weighted by Crippen LogP contribution is -2.38. The Balaban J connectivity index is 2.66. The largest absolute Gasteiger partial charge is 0.492 e. The van der Waals surface area contributed by atoms with Crippen LogP contribution in [0.2, 0.25) is 5.02 Å². The summed E-state index contributed by atoms with van der Waals surface area (Å²) in [6.45, 7) is 1.73. The lowest BCUT2D eigenvalue weighted by atomic mass is 9.69. The second kappa shape index (κ2) is 5.60. The standard InChI is InChI=1S/C15H18ClFO3/c1-9-8-10(12(17)13(20-2)11(9)16)15(14(18)19)6-4-3-5-7-15/h8H,3-7H2,1-2H3,(H,18,19). The molecule has 1 aliphatic rings. The number of aliphatic carboxylic acids is 1. The first kappa shape index (κ1) is 15.1. The molecule has 0 saturated heterocycles. The molecule has 0 aromatic heterocycles. The van der Waals surface area contributed by atoms with Crippen molar-refractivity contribution in [2.24, 2.45) is 0 Å². The van der Waals surface area contributed by atoms with Gasteiger partial charge in [0.2, 0.25) is 0 Å². The third-order valence-corrected chi connectivity index (χ3v) is 4.65. The van der Waals surface area contributed by atoms with Crippen LogP contribution in [0.5, 0.6) is 5.75 Å². The molecule has 3 nitrogen and oxygen atoms in total. The predicted octanol–water partition coefficient (Wildman–Crippen LogP) is 4.08. The van der Waals surface area contributed by atoms with Gasteiger partial charge in [-0.05, 0) is 25.3 Å². The second-order valence-corrected chi connectivity index (χ2v) is 5.73. The first-order valence-electron chi connectivity index (χ1n) is 6.70. The van der Waals surface area contributed by atoms with E-state index < -0.39 is 17.2 Å². The number of hydrogen-bond donors (Lipinski definition) is 1. The molecular weight excluding hydrogens is 283 g/mol. The molecule has 1 aliphatic carbocycles. The van der Waals surface area contributed by atoms with Crippen molar-refractivity contribution in [1.29, 1.82) is 0 Å². The molecule has 0 spiro atoms. The van der Waals surface area contributed by atoms with Crippen molar-refractivity contribution in [1.82, 2.24) is 0 Å². The average Bonchev–Trinajstić information content (AvgIpc) is 2.44. The predicted molar refractivity (Wildman–Crippen MR) is 75.1 cm³/mol. The van der Waals surface area contributed by atoms with Gasteiger partial charge in [-0.3, -0.25) is 4.79 Å². The Morgan fingerprint density at radius 3 is 2.50 bits per heavy atom. The van der Waals surface area contributed by atoms with Crippen LogP contribution < -0.4 is 4.74 Å². The number of methoxy groups -OCH3 is 1. The van der Waals surface area contributed by atoms with E-state index in [4.69, 9.17) is 16.3 Å². The molecule has 1 aromatic carbocycles. The highest BCUT2D eigenvalue weighted by Crippen LogP contribution is 2.45. The lowest BCUT2D eigenvalue weighted by molar-refractivity contribution is -0.145. The van der Waals surface area contributed by atoms with Gasteiger partial charge in [0.15, 0.2) is 11.6 Å². The Morgan fingerprint density at radius 2 is 2.00 bits per heavy atom. The molecule has 1 N–H and O–H groups in total. The van der Waals surface area contributed by atoms with E-state index in [1.807, 2.05) is 0 Å². The first-order valence-corrected chi connectivity index (χ1v) is 7.08. The maximum Gasteiger partial charge on any atom is 0.314 e. The molecule has 0 bridgehead atoms. The van der Waals surface area contributed by atoms with Gasteiger partial charge in [0.1, 0.15) is 0 Å². The number of carboxylic acids is 1. The fourth-order valence-electron chi connectivity index (χ4n) is 3.02. The summed E-state index contributed by atoms with van der Waals surface area (Å²) in [5.74, 6) is -1.68. The van der Waals surface area contributed by atoms with Gasteiger partial charge in [-0.15, -0.1) is 0 Å². The van der Waals surface area contributed by atoms with Crippen molar-refractivity contribution in [3.63, 3.8) is 0 Å². The van der Waals surface area contributed by atoms with Crippen molar-refractivity contribution in [2.75, 3.05) is 7.11 Å². The Labute approximate surface area is 122 Å². The summed E-state index contributed by atoms with van der Waals surface area (Å²) in [7, 11) is 1.34. The van der Waals surface area contributed by atoms with Crippen molar-refractivity contribution in [2.45, 2.75) is 44.4 Å². The second-order valence-electron chi connectivity index (χ2n) is 5.35. The van der Waals surface area contributed by atoms with Crippen LogP contribution in [0, 0.1) is 12.7 Å². The van der Waals surface area contributed by atoms with Crippen LogP contribution in [0.1, 0.15) is 43.2 Å². The molecular formula is C15H18ClFO3. The number of carboxylic acid groups (broad SMARTS) is 1. The van der Waals surface area contributed by atoms with Crippen LogP contribution in [0.3, 0.4) is 0 Å². The van der Waals surface area contributed by atoms with Crippen molar-refractivity contribution >= 4 is 17.6 Å². The number of carbonyl (C=O) groups is 1. The summed E-state index contributed by atoms with van der Waals surface area (Å²) in [6.07, 6.45) is 3.46. The SMILES string of the molecule is COc1c(F)c(C2(C(=O)O)CCCCC2)cc(C)c1Cl. The molecule has 1 saturated carbocycles. The van der Waals surface area contributed by atoms with Crippen LogP contribution in [0.15, 0.2) is 6.07 Å². The Morgan fingerprint density at radius 1 is 1.40 bits per heavy atom. The highest BCUT2D eigenvalue weighted by Gasteiger charge is 2.44. The Bertz CT molecular complexity index is 536. The van der Waals surface area contributed by atoms with Gasteiger partial charge in [0.25, 0.3) is 0 Å². The number of ether oxygens (including phenoxy) is 1. The minimum atomic E-state index is -1.16. The molecule has 0 heterocycles. The molecule has 1 fully saturated rings. The average molecular weight is 301 g/mol. The van der Waals surface area contributed by atoms with Crippen molar-refractivity contribution in [3.05, 3.63) is 28.0 Å². The molecule has 0 atom stereocenters. The number of rotatable bonds is 3. The number of halogens is 2. The third-order valence-electron chi connectivity index (χ3n) is 4.18. The van der Waals surface area contributed by atoms with E-state index in [-0.39, 0.29) is 16.3 Å². The smallest absolute Gasteiger partial charge is 0.314 e. The molecule has 110 valence electrons. The molecule has 0 amide bonds. The van der Waals surface area contributed by atoms with Gasteiger partial charge in [-0.1, -0.05) is 36.9 Å². The van der Waals surface area contributed by atoms with E-state index in [2.05, 4.69) is 0 Å².